The predicted octanol–water partition coefficient (Wildman–Crippen LogP) is -17.7. The van der Waals surface area contributed by atoms with Crippen molar-refractivity contribution in [3.63, 3.8) is 0 Å². The number of carbonyl (C=O) groups is 5. The van der Waals surface area contributed by atoms with E-state index in [4.69, 9.17) is 71.1 Å². The first-order chi connectivity index (χ1) is 49.1. The summed E-state index contributed by atoms with van der Waals surface area (Å²) in [6, 6.07) is -8.69. The van der Waals surface area contributed by atoms with E-state index >= 15 is 0 Å². The summed E-state index contributed by atoms with van der Waals surface area (Å²) in [4.78, 5) is 62.4. The largest absolute Gasteiger partial charge is 0.394 e. The lowest BCUT2D eigenvalue weighted by atomic mass is 9.93. The molecule has 8 rings (SSSR count). The Labute approximate surface area is 589 Å². The molecule has 0 aliphatic carbocycles. The molecule has 0 spiro atoms. The monoisotopic (exact) mass is 1520 g/mol. The van der Waals surface area contributed by atoms with Gasteiger partial charge >= 0.3 is 0 Å². The summed E-state index contributed by atoms with van der Waals surface area (Å²) in [6.45, 7) is -3.40. The van der Waals surface area contributed by atoms with E-state index in [0.717, 1.165) is 34.6 Å². The van der Waals surface area contributed by atoms with Crippen molar-refractivity contribution in [2.75, 3.05) is 52.9 Å². The summed E-state index contributed by atoms with van der Waals surface area (Å²) in [5.41, 5.74) is 0. The molecule has 0 aromatic rings. The second-order valence-corrected chi connectivity index (χ2v) is 26.1. The number of rotatable bonds is 27. The van der Waals surface area contributed by atoms with Gasteiger partial charge in [-0.1, -0.05) is 0 Å². The minimum Gasteiger partial charge on any atom is -0.394 e. The van der Waals surface area contributed by atoms with Gasteiger partial charge in [-0.2, -0.15) is 0 Å². The van der Waals surface area contributed by atoms with Gasteiger partial charge < -0.3 is 205 Å². The molecule has 600 valence electrons. The molecule has 8 saturated heterocycles. The lowest BCUT2D eigenvalue weighted by Crippen LogP contribution is -2.70. The number of nitrogens with one attached hydrogen (secondary N) is 5. The van der Waals surface area contributed by atoms with Crippen molar-refractivity contribution in [1.29, 1.82) is 0 Å². The van der Waals surface area contributed by atoms with Crippen LogP contribution in [0, 0.1) is 0 Å². The molecule has 0 bridgehead atoms. The summed E-state index contributed by atoms with van der Waals surface area (Å²) in [5, 5.41) is 246. The van der Waals surface area contributed by atoms with Crippen molar-refractivity contribution in [3.8, 4) is 0 Å². The molecule has 5 amide bonds. The highest BCUT2D eigenvalue weighted by molar-refractivity contribution is 5.75. The van der Waals surface area contributed by atoms with Gasteiger partial charge in [0.1, 0.15) is 195 Å². The van der Waals surface area contributed by atoms with Gasteiger partial charge in [0, 0.05) is 34.6 Å². The highest BCUT2D eigenvalue weighted by atomic mass is 16.8. The number of hydrogen-bond acceptors (Lipinski definition) is 41. The lowest BCUT2D eigenvalue weighted by molar-refractivity contribution is -0.396. The highest BCUT2D eigenvalue weighted by Crippen LogP contribution is 2.39. The van der Waals surface area contributed by atoms with Gasteiger partial charge in [-0.3, -0.25) is 24.0 Å². The molecule has 0 radical (unpaired) electrons. The van der Waals surface area contributed by atoms with Gasteiger partial charge in [0.15, 0.2) is 50.3 Å². The molecular formula is C58H97N5O41. The fourth-order valence-corrected chi connectivity index (χ4v) is 13.3. The van der Waals surface area contributed by atoms with Crippen molar-refractivity contribution >= 4 is 29.5 Å². The SMILES string of the molecule is CC(=O)N[C@@H]1[C@@H](O)[C@H](O[C@@H]2O[C@H](CO)[C@@H](O[C@@H]3O[C@H](CO[C@H]4O[C@H](CO[C@@H]5O[C@H](CO)[C@@H](O)[C@H](O)[C@H]5NC(C)=O)[C@@H](O)[C@H](O)[C@@H]4O[C@@H]4O[C@H](CO)[C@@H](O)[C@H](O)[C@H]4NC(C)=O)[C@@H](O)[C@H](O[C@H]4O[C@H](CO)[C@@H](O)[C@H](O)[C@@H]4O[C@@H]4O[C@H](CO)[C@@H](O)[C@H](O)[C@H]4NC(C)=O)[C@@H]3O)[C@H](O)[C@H]2NC(C)=O)[C@@H](CO)O[C@@H]1O. The maximum Gasteiger partial charge on any atom is 0.217 e. The van der Waals surface area contributed by atoms with E-state index in [1.165, 1.54) is 0 Å². The van der Waals surface area contributed by atoms with Gasteiger partial charge in [0.05, 0.1) is 52.9 Å². The van der Waals surface area contributed by atoms with Crippen LogP contribution in [0.5, 0.6) is 0 Å². The minimum atomic E-state index is -2.53. The van der Waals surface area contributed by atoms with Crippen LogP contribution < -0.4 is 26.6 Å². The number of hydrogen-bond donors (Lipinski definition) is 26. The Kier molecular flexibility index (Phi) is 30.9. The van der Waals surface area contributed by atoms with Crippen LogP contribution in [0.3, 0.4) is 0 Å². The van der Waals surface area contributed by atoms with Crippen LogP contribution in [0.4, 0.5) is 0 Å². The van der Waals surface area contributed by atoms with Crippen LogP contribution in [0.25, 0.3) is 0 Å². The Morgan fingerprint density at radius 2 is 0.519 bits per heavy atom. The first-order valence-corrected chi connectivity index (χ1v) is 33.1. The van der Waals surface area contributed by atoms with Gasteiger partial charge in [-0.15, -0.1) is 0 Å². The minimum absolute atomic E-state index is 0.775. The Bertz CT molecular complexity index is 2770. The zero-order chi connectivity index (χ0) is 76.8. The Hall–Kier alpha value is -4.09. The fourth-order valence-electron chi connectivity index (χ4n) is 13.3. The van der Waals surface area contributed by atoms with Crippen LogP contribution in [0.15, 0.2) is 0 Å². The Balaban J connectivity index is 1.18. The normalized spacial score (nSPS) is 47.2. The zero-order valence-electron chi connectivity index (χ0n) is 56.3. The first kappa shape index (κ1) is 85.5. The van der Waals surface area contributed by atoms with E-state index in [-0.39, 0.29) is 0 Å². The van der Waals surface area contributed by atoms with E-state index in [0.29, 0.717) is 0 Å². The van der Waals surface area contributed by atoms with Gasteiger partial charge in [-0.05, 0) is 0 Å². The van der Waals surface area contributed by atoms with Crippen molar-refractivity contribution in [2.24, 2.45) is 0 Å². The van der Waals surface area contributed by atoms with E-state index < -0.39 is 328 Å². The first-order valence-electron chi connectivity index (χ1n) is 33.1. The Morgan fingerprint density at radius 1 is 0.250 bits per heavy atom. The number of carbonyl (C=O) groups excluding carboxylic acids is 5. The van der Waals surface area contributed by atoms with Gasteiger partial charge in [0.25, 0.3) is 0 Å². The second-order valence-electron chi connectivity index (χ2n) is 26.1. The standard InChI is InChI=1S/C58H97N5O41/c1-14(70)59-27-41(84)46(23(10-68)92-51(27)89)100-55-31(63-18(5)74)42(85)47(24(11-69)97-55)101-56-45(88)48(102-58-50(43(86)35(78)22(9-67)96-58)104-54-30(62-17(4)73)40(83)34(77)21(8-66)95-54)37(80)26(98-56)13-91-57-49(103-53-29(61-16(3)72)39(82)33(76)20(7-65)94-53)44(87)36(79)25(99-57)12-90-52-28(60-15(2)71)38(81)32(75)19(6-64)93-52/h19-58,64-69,75-89H,6-13H2,1-5H3,(H,59,70)(H,60,71)(H,61,72)(H,62,73)(H,63,74)/t19-,20-,21-,22-,23-,24-,25-,26-,27-,28-,29-,30-,31-,32-,33-,34-,35-,36-,37-,38-,39-,40-,41-,42-,43+,44+,45+,46-,47-,48+,49+,50+,51+,52-,53+,54+,55+,56+,57+,58-/m1/s1. The molecule has 0 unspecified atom stereocenters. The molecule has 0 saturated carbocycles. The average molecular weight is 1520 g/mol. The van der Waals surface area contributed by atoms with E-state index in [1.54, 1.807) is 0 Å². The number of amides is 5. The third-order valence-corrected chi connectivity index (χ3v) is 18.6. The quantitative estimate of drug-likeness (QED) is 0.0363. The van der Waals surface area contributed by atoms with E-state index in [1.807, 2.05) is 0 Å². The van der Waals surface area contributed by atoms with Crippen LogP contribution in [-0.2, 0) is 95.0 Å². The summed E-state index contributed by atoms with van der Waals surface area (Å²) in [6.07, 6.45) is -71.6. The van der Waals surface area contributed by atoms with E-state index in [9.17, 15) is 131 Å². The summed E-state index contributed by atoms with van der Waals surface area (Å²) in [7, 11) is 0. The number of aliphatic hydroxyl groups excluding tert-OH is 21. The van der Waals surface area contributed by atoms with Crippen LogP contribution in [-0.4, -0.2) is 435 Å². The van der Waals surface area contributed by atoms with Crippen molar-refractivity contribution in [1.82, 2.24) is 26.6 Å². The molecule has 26 N–H and O–H groups in total. The summed E-state index contributed by atoms with van der Waals surface area (Å²) < 4.78 is 89.4. The van der Waals surface area contributed by atoms with Crippen LogP contribution in [0.1, 0.15) is 34.6 Å². The van der Waals surface area contributed by atoms with Gasteiger partial charge in [0.2, 0.25) is 29.5 Å². The molecule has 8 fully saturated rings. The molecular weight excluding hydrogens is 1420 g/mol. The van der Waals surface area contributed by atoms with Crippen LogP contribution >= 0.6 is 0 Å². The second kappa shape index (κ2) is 37.5. The molecule has 104 heavy (non-hydrogen) atoms. The molecule has 0 aromatic carbocycles. The number of aliphatic hydroxyl groups is 21. The van der Waals surface area contributed by atoms with E-state index in [2.05, 4.69) is 26.6 Å². The van der Waals surface area contributed by atoms with Gasteiger partial charge in [-0.25, -0.2) is 0 Å². The summed E-state index contributed by atoms with van der Waals surface area (Å²) >= 11 is 0. The molecule has 46 heteroatoms. The van der Waals surface area contributed by atoms with Crippen LogP contribution in [0.2, 0.25) is 0 Å². The third kappa shape index (κ3) is 19.4. The Morgan fingerprint density at radius 3 is 0.942 bits per heavy atom. The van der Waals surface area contributed by atoms with Crippen molar-refractivity contribution in [2.45, 2.75) is 280 Å². The molecule has 8 aliphatic rings. The average Bonchev–Trinajstić information content (AvgIpc) is 0.770. The highest BCUT2D eigenvalue weighted by Gasteiger charge is 2.60. The molecule has 46 nitrogen and oxygen atoms in total. The predicted molar refractivity (Wildman–Crippen MR) is 322 cm³/mol. The lowest BCUT2D eigenvalue weighted by Gasteiger charge is -2.51. The molecule has 8 heterocycles. The van der Waals surface area contributed by atoms with Crippen molar-refractivity contribution < 1.29 is 202 Å². The molecule has 8 aliphatic heterocycles. The fraction of sp³-hybridized carbons (Fsp3) is 0.914. The smallest absolute Gasteiger partial charge is 0.217 e. The third-order valence-electron chi connectivity index (χ3n) is 18.6. The summed E-state index contributed by atoms with van der Waals surface area (Å²) in [5.74, 6) is -4.21. The zero-order valence-corrected chi connectivity index (χ0v) is 56.3. The topological polar surface area (TPSA) is 709 Å². The maximum atomic E-state index is 13.0. The number of ether oxygens (including phenoxy) is 15. The van der Waals surface area contributed by atoms with Crippen molar-refractivity contribution in [3.05, 3.63) is 0 Å². The molecule has 40 atom stereocenters. The maximum absolute atomic E-state index is 13.0. The molecule has 0 aromatic heterocycles.